The Morgan fingerprint density at radius 1 is 0.944 bits per heavy atom. The van der Waals surface area contributed by atoms with E-state index in [0.717, 1.165) is 21.4 Å². The van der Waals surface area contributed by atoms with Gasteiger partial charge in [-0.05, 0) is 24.3 Å². The summed E-state index contributed by atoms with van der Waals surface area (Å²) in [5.41, 5.74) is 1.88. The Balaban J connectivity index is 1.97. The number of benzene rings is 1. The molecule has 0 radical (unpaired) electrons. The van der Waals surface area contributed by atoms with Crippen LogP contribution in [0.3, 0.4) is 0 Å². The number of hydrogen-bond acceptors (Lipinski definition) is 3. The van der Waals surface area contributed by atoms with Crippen molar-refractivity contribution in [1.82, 2.24) is 9.97 Å². The fourth-order valence-electron chi connectivity index (χ4n) is 1.64. The first-order valence-corrected chi connectivity index (χ1v) is 6.24. The lowest BCUT2D eigenvalue weighted by molar-refractivity contribution is 0.588. The Morgan fingerprint density at radius 2 is 1.78 bits per heavy atom. The van der Waals surface area contributed by atoms with Gasteiger partial charge in [0.05, 0.1) is 11.8 Å². The van der Waals surface area contributed by atoms with Gasteiger partial charge in [-0.15, -0.1) is 0 Å². The van der Waals surface area contributed by atoms with Crippen LogP contribution in [0.4, 0.5) is 0 Å². The molecule has 3 rings (SSSR count). The van der Waals surface area contributed by atoms with Crippen LogP contribution in [0, 0.1) is 0 Å². The highest BCUT2D eigenvalue weighted by atomic mass is 79.9. The zero-order valence-electron chi connectivity index (χ0n) is 9.38. The molecule has 0 atom stereocenters. The van der Waals surface area contributed by atoms with Gasteiger partial charge in [0.25, 0.3) is 0 Å². The third-order valence-electron chi connectivity index (χ3n) is 2.54. The van der Waals surface area contributed by atoms with Crippen LogP contribution >= 0.6 is 15.9 Å². The summed E-state index contributed by atoms with van der Waals surface area (Å²) in [6, 6.07) is 11.7. The van der Waals surface area contributed by atoms with Gasteiger partial charge in [-0.1, -0.05) is 28.1 Å². The molecule has 1 aromatic carbocycles. The molecule has 0 aliphatic rings. The van der Waals surface area contributed by atoms with E-state index in [9.17, 15) is 0 Å². The topological polar surface area (TPSA) is 38.9 Å². The van der Waals surface area contributed by atoms with Gasteiger partial charge in [0.1, 0.15) is 0 Å². The van der Waals surface area contributed by atoms with E-state index in [1.54, 1.807) is 18.6 Å². The van der Waals surface area contributed by atoms with E-state index in [1.807, 2.05) is 36.4 Å². The van der Waals surface area contributed by atoms with Crippen LogP contribution in [0.25, 0.3) is 22.8 Å². The average molecular weight is 301 g/mol. The molecule has 2 heterocycles. The minimum Gasteiger partial charge on any atom is -0.436 e. The molecule has 0 fully saturated rings. The van der Waals surface area contributed by atoms with Gasteiger partial charge < -0.3 is 4.42 Å². The summed E-state index contributed by atoms with van der Waals surface area (Å²) in [6.07, 6.45) is 5.19. The lowest BCUT2D eigenvalue weighted by Crippen LogP contribution is -1.77. The molecule has 0 bridgehead atoms. The fraction of sp³-hybridized carbons (Fsp3) is 0. The summed E-state index contributed by atoms with van der Waals surface area (Å²) >= 11 is 3.41. The van der Waals surface area contributed by atoms with E-state index >= 15 is 0 Å². The van der Waals surface area contributed by atoms with Crippen molar-refractivity contribution < 1.29 is 4.42 Å². The van der Waals surface area contributed by atoms with Crippen molar-refractivity contribution in [3.05, 3.63) is 59.5 Å². The summed E-state index contributed by atoms with van der Waals surface area (Å²) in [5, 5.41) is 0. The second-order valence-corrected chi connectivity index (χ2v) is 4.69. The van der Waals surface area contributed by atoms with E-state index < -0.39 is 0 Å². The molecule has 88 valence electrons. The molecule has 0 N–H and O–H groups in total. The molecule has 0 saturated heterocycles. The Bertz CT molecular complexity index is 647. The molecule has 0 saturated carbocycles. The lowest BCUT2D eigenvalue weighted by Gasteiger charge is -1.96. The number of halogens is 1. The first-order chi connectivity index (χ1) is 8.83. The van der Waals surface area contributed by atoms with Crippen molar-refractivity contribution in [3.8, 4) is 22.8 Å². The smallest absolute Gasteiger partial charge is 0.228 e. The van der Waals surface area contributed by atoms with Crippen LogP contribution < -0.4 is 0 Å². The minimum absolute atomic E-state index is 0.584. The highest BCUT2D eigenvalue weighted by Gasteiger charge is 2.08. The maximum absolute atomic E-state index is 5.73. The van der Waals surface area contributed by atoms with Crippen molar-refractivity contribution in [2.24, 2.45) is 0 Å². The molecule has 4 heteroatoms. The monoisotopic (exact) mass is 300 g/mol. The molecular formula is C14H9BrN2O. The summed E-state index contributed by atoms with van der Waals surface area (Å²) in [7, 11) is 0. The number of nitrogens with zero attached hydrogens (tertiary/aromatic N) is 2. The normalized spacial score (nSPS) is 10.5. The zero-order valence-corrected chi connectivity index (χ0v) is 11.0. The SMILES string of the molecule is Brc1ccc(-c2cnc(-c3cccnc3)o2)cc1. The van der Waals surface area contributed by atoms with E-state index in [0.29, 0.717) is 5.89 Å². The number of pyridine rings is 1. The van der Waals surface area contributed by atoms with Gasteiger partial charge in [-0.25, -0.2) is 4.98 Å². The number of aromatic nitrogens is 2. The van der Waals surface area contributed by atoms with Gasteiger partial charge in [0.15, 0.2) is 5.76 Å². The minimum atomic E-state index is 0.584. The van der Waals surface area contributed by atoms with Crippen molar-refractivity contribution in [2.75, 3.05) is 0 Å². The van der Waals surface area contributed by atoms with Gasteiger partial charge in [-0.2, -0.15) is 0 Å². The van der Waals surface area contributed by atoms with Crippen molar-refractivity contribution in [1.29, 1.82) is 0 Å². The Morgan fingerprint density at radius 3 is 2.50 bits per heavy atom. The van der Waals surface area contributed by atoms with Gasteiger partial charge in [-0.3, -0.25) is 4.98 Å². The second kappa shape index (κ2) is 4.74. The largest absolute Gasteiger partial charge is 0.436 e. The molecule has 3 aromatic rings. The molecular weight excluding hydrogens is 292 g/mol. The molecule has 0 amide bonds. The Labute approximate surface area is 113 Å². The van der Waals surface area contributed by atoms with Crippen LogP contribution in [0.15, 0.2) is 63.9 Å². The average Bonchev–Trinajstić information content (AvgIpc) is 2.90. The highest BCUT2D eigenvalue weighted by molar-refractivity contribution is 9.10. The van der Waals surface area contributed by atoms with E-state index in [2.05, 4.69) is 25.9 Å². The maximum atomic E-state index is 5.73. The maximum Gasteiger partial charge on any atom is 0.228 e. The van der Waals surface area contributed by atoms with Crippen molar-refractivity contribution >= 4 is 15.9 Å². The number of hydrogen-bond donors (Lipinski definition) is 0. The summed E-state index contributed by atoms with van der Waals surface area (Å²) in [4.78, 5) is 8.32. The third kappa shape index (κ3) is 2.19. The van der Waals surface area contributed by atoms with Crippen LogP contribution in [0.1, 0.15) is 0 Å². The van der Waals surface area contributed by atoms with Crippen molar-refractivity contribution in [3.63, 3.8) is 0 Å². The quantitative estimate of drug-likeness (QED) is 0.713. The first kappa shape index (κ1) is 11.2. The predicted molar refractivity (Wildman–Crippen MR) is 72.9 cm³/mol. The van der Waals surface area contributed by atoms with E-state index in [4.69, 9.17) is 4.42 Å². The zero-order chi connectivity index (χ0) is 12.4. The Kier molecular flexibility index (Phi) is 2.94. The molecule has 18 heavy (non-hydrogen) atoms. The summed E-state index contributed by atoms with van der Waals surface area (Å²) < 4.78 is 6.77. The fourth-order valence-corrected chi connectivity index (χ4v) is 1.91. The molecule has 0 aliphatic carbocycles. The molecule has 0 aliphatic heterocycles. The molecule has 0 spiro atoms. The van der Waals surface area contributed by atoms with Gasteiger partial charge in [0, 0.05) is 22.4 Å². The van der Waals surface area contributed by atoms with Crippen molar-refractivity contribution in [2.45, 2.75) is 0 Å². The Hall–Kier alpha value is -1.94. The van der Waals surface area contributed by atoms with Gasteiger partial charge >= 0.3 is 0 Å². The predicted octanol–water partition coefficient (Wildman–Crippen LogP) is 4.17. The van der Waals surface area contributed by atoms with E-state index in [1.165, 1.54) is 0 Å². The highest BCUT2D eigenvalue weighted by Crippen LogP contribution is 2.26. The molecule has 3 nitrogen and oxygen atoms in total. The third-order valence-corrected chi connectivity index (χ3v) is 3.07. The summed E-state index contributed by atoms with van der Waals surface area (Å²) in [5.74, 6) is 1.34. The van der Waals surface area contributed by atoms with Crippen LogP contribution in [-0.2, 0) is 0 Å². The first-order valence-electron chi connectivity index (χ1n) is 5.45. The summed E-state index contributed by atoms with van der Waals surface area (Å²) in [6.45, 7) is 0. The molecule has 0 unspecified atom stereocenters. The number of rotatable bonds is 2. The second-order valence-electron chi connectivity index (χ2n) is 3.78. The molecule has 2 aromatic heterocycles. The van der Waals surface area contributed by atoms with Crippen LogP contribution in [-0.4, -0.2) is 9.97 Å². The van der Waals surface area contributed by atoms with E-state index in [-0.39, 0.29) is 0 Å². The number of oxazole rings is 1. The van der Waals surface area contributed by atoms with Crippen LogP contribution in [0.2, 0.25) is 0 Å². The van der Waals surface area contributed by atoms with Crippen LogP contribution in [0.5, 0.6) is 0 Å². The standard InChI is InChI=1S/C14H9BrN2O/c15-12-5-3-10(4-6-12)13-9-17-14(18-13)11-2-1-7-16-8-11/h1-9H. The lowest BCUT2D eigenvalue weighted by atomic mass is 10.2. The van der Waals surface area contributed by atoms with Gasteiger partial charge in [0.2, 0.25) is 5.89 Å².